The van der Waals surface area contributed by atoms with E-state index in [2.05, 4.69) is 36.0 Å². The molecule has 1 aromatic carbocycles. The van der Waals surface area contributed by atoms with Gasteiger partial charge in [-0.1, -0.05) is 43.7 Å². The van der Waals surface area contributed by atoms with Gasteiger partial charge in [-0.2, -0.15) is 15.0 Å². The number of hydrogen-bond donors (Lipinski definition) is 3. The lowest BCUT2D eigenvalue weighted by molar-refractivity contribution is 0.271. The lowest BCUT2D eigenvalue weighted by Gasteiger charge is -2.27. The standard InChI is InChI=1S/C22H32ClN7O/c1-31-19-12-11-17(15-18(19)23)25-21-26-20(24-16-9-5-2-3-6-10-16)27-22(28-21)29-30-13-7-4-8-14-30/h11-12,15-16H,2-10,13-14H2,1H3,(H3,24,25,26,27,28,29). The molecule has 1 aliphatic heterocycles. The number of hydrazine groups is 1. The number of ether oxygens (including phenoxy) is 1. The van der Waals surface area contributed by atoms with Gasteiger partial charge in [0.1, 0.15) is 5.75 Å². The summed E-state index contributed by atoms with van der Waals surface area (Å²) in [4.78, 5) is 13.9. The van der Waals surface area contributed by atoms with Crippen LogP contribution in [-0.4, -0.2) is 46.2 Å². The minimum atomic E-state index is 0.399. The predicted molar refractivity (Wildman–Crippen MR) is 125 cm³/mol. The molecule has 0 atom stereocenters. The van der Waals surface area contributed by atoms with E-state index in [4.69, 9.17) is 16.3 Å². The van der Waals surface area contributed by atoms with E-state index in [0.717, 1.165) is 31.6 Å². The molecule has 0 spiro atoms. The van der Waals surface area contributed by atoms with E-state index in [1.165, 1.54) is 44.9 Å². The van der Waals surface area contributed by atoms with E-state index in [0.29, 0.717) is 34.7 Å². The molecule has 1 saturated carbocycles. The molecule has 2 heterocycles. The smallest absolute Gasteiger partial charge is 0.244 e. The van der Waals surface area contributed by atoms with Crippen LogP contribution in [-0.2, 0) is 0 Å². The number of methoxy groups -OCH3 is 1. The average molecular weight is 446 g/mol. The van der Waals surface area contributed by atoms with Crippen molar-refractivity contribution < 1.29 is 4.74 Å². The van der Waals surface area contributed by atoms with Crippen molar-refractivity contribution in [2.75, 3.05) is 36.3 Å². The Labute approximate surface area is 189 Å². The van der Waals surface area contributed by atoms with Gasteiger partial charge in [0, 0.05) is 24.8 Å². The van der Waals surface area contributed by atoms with E-state index in [9.17, 15) is 0 Å². The Bertz CT molecular complexity index is 852. The number of hydrogen-bond acceptors (Lipinski definition) is 8. The quantitative estimate of drug-likeness (QED) is 0.499. The van der Waals surface area contributed by atoms with Crippen LogP contribution in [0.2, 0.25) is 5.02 Å². The summed E-state index contributed by atoms with van der Waals surface area (Å²) in [6.45, 7) is 1.99. The van der Waals surface area contributed by atoms with Crippen molar-refractivity contribution in [1.29, 1.82) is 0 Å². The molecule has 8 nitrogen and oxygen atoms in total. The zero-order valence-electron chi connectivity index (χ0n) is 18.2. The van der Waals surface area contributed by atoms with Crippen LogP contribution >= 0.6 is 11.6 Å². The third-order valence-corrected chi connectivity index (χ3v) is 6.14. The molecule has 0 unspecified atom stereocenters. The maximum absolute atomic E-state index is 6.28. The Kier molecular flexibility index (Phi) is 7.64. The fraction of sp³-hybridized carbons (Fsp3) is 0.591. The van der Waals surface area contributed by atoms with Gasteiger partial charge < -0.3 is 15.4 Å². The van der Waals surface area contributed by atoms with Crippen LogP contribution in [0.25, 0.3) is 0 Å². The molecule has 168 valence electrons. The second kappa shape index (κ2) is 10.8. The number of nitrogens with zero attached hydrogens (tertiary/aromatic N) is 4. The molecular formula is C22H32ClN7O. The van der Waals surface area contributed by atoms with Gasteiger partial charge in [-0.25, -0.2) is 5.01 Å². The van der Waals surface area contributed by atoms with Gasteiger partial charge in [-0.3, -0.25) is 5.43 Å². The summed E-state index contributed by atoms with van der Waals surface area (Å²) in [5.74, 6) is 2.26. The summed E-state index contributed by atoms with van der Waals surface area (Å²) in [6.07, 6.45) is 11.0. The van der Waals surface area contributed by atoms with Gasteiger partial charge in [0.15, 0.2) is 0 Å². The SMILES string of the molecule is COc1ccc(Nc2nc(NC3CCCCCC3)nc(NN3CCCCC3)n2)cc1Cl. The molecule has 0 bridgehead atoms. The molecule has 2 aromatic rings. The summed E-state index contributed by atoms with van der Waals surface area (Å²) in [6, 6.07) is 5.92. The van der Waals surface area contributed by atoms with Crippen LogP contribution < -0.4 is 20.8 Å². The summed E-state index contributed by atoms with van der Waals surface area (Å²) in [5.41, 5.74) is 4.16. The van der Waals surface area contributed by atoms with E-state index < -0.39 is 0 Å². The molecule has 3 N–H and O–H groups in total. The van der Waals surface area contributed by atoms with E-state index >= 15 is 0 Å². The molecule has 2 fully saturated rings. The van der Waals surface area contributed by atoms with Gasteiger partial charge in [-0.05, 0) is 43.9 Å². The van der Waals surface area contributed by atoms with Crippen LogP contribution in [0.5, 0.6) is 5.75 Å². The topological polar surface area (TPSA) is 87.2 Å². The van der Waals surface area contributed by atoms with Crippen LogP contribution in [0.3, 0.4) is 0 Å². The molecule has 1 aliphatic carbocycles. The van der Waals surface area contributed by atoms with Gasteiger partial charge in [-0.15, -0.1) is 0 Å². The number of halogens is 1. The highest BCUT2D eigenvalue weighted by molar-refractivity contribution is 6.32. The molecule has 1 saturated heterocycles. The first-order valence-corrected chi connectivity index (χ1v) is 11.7. The Morgan fingerprint density at radius 2 is 1.58 bits per heavy atom. The van der Waals surface area contributed by atoms with Crippen molar-refractivity contribution in [3.63, 3.8) is 0 Å². The van der Waals surface area contributed by atoms with E-state index in [-0.39, 0.29) is 0 Å². The second-order valence-electron chi connectivity index (χ2n) is 8.27. The molecule has 0 radical (unpaired) electrons. The van der Waals surface area contributed by atoms with Crippen LogP contribution in [0.4, 0.5) is 23.5 Å². The Morgan fingerprint density at radius 1 is 0.903 bits per heavy atom. The highest BCUT2D eigenvalue weighted by Gasteiger charge is 2.17. The third-order valence-electron chi connectivity index (χ3n) is 5.85. The number of piperidine rings is 1. The normalized spacial score (nSPS) is 18.3. The lowest BCUT2D eigenvalue weighted by atomic mass is 10.1. The van der Waals surface area contributed by atoms with Crippen molar-refractivity contribution >= 4 is 35.1 Å². The number of nitrogens with one attached hydrogen (secondary N) is 3. The Hall–Kier alpha value is -2.32. The molecule has 1 aromatic heterocycles. The number of benzene rings is 1. The summed E-state index contributed by atoms with van der Waals surface area (Å²) in [5, 5.41) is 9.53. The predicted octanol–water partition coefficient (Wildman–Crippen LogP) is 5.22. The minimum absolute atomic E-state index is 0.399. The number of anilines is 4. The van der Waals surface area contributed by atoms with Gasteiger partial charge in [0.2, 0.25) is 17.8 Å². The van der Waals surface area contributed by atoms with Crippen LogP contribution in [0.1, 0.15) is 57.8 Å². The van der Waals surface area contributed by atoms with E-state index in [1.54, 1.807) is 13.2 Å². The van der Waals surface area contributed by atoms with Crippen molar-refractivity contribution in [1.82, 2.24) is 20.0 Å². The monoisotopic (exact) mass is 445 g/mol. The van der Waals surface area contributed by atoms with Crippen molar-refractivity contribution in [3.05, 3.63) is 23.2 Å². The summed E-state index contributed by atoms with van der Waals surface area (Å²) >= 11 is 6.28. The largest absolute Gasteiger partial charge is 0.495 e. The first-order chi connectivity index (χ1) is 15.2. The van der Waals surface area contributed by atoms with Crippen LogP contribution in [0, 0.1) is 0 Å². The Balaban J connectivity index is 1.54. The maximum atomic E-state index is 6.28. The fourth-order valence-corrected chi connectivity index (χ4v) is 4.43. The molecular weight excluding hydrogens is 414 g/mol. The zero-order chi connectivity index (χ0) is 21.5. The molecule has 2 aliphatic rings. The fourth-order valence-electron chi connectivity index (χ4n) is 4.17. The summed E-state index contributed by atoms with van der Waals surface area (Å²) in [7, 11) is 1.60. The number of rotatable bonds is 7. The highest BCUT2D eigenvalue weighted by Crippen LogP contribution is 2.29. The first kappa shape index (κ1) is 21.9. The third kappa shape index (κ3) is 6.33. The molecule has 9 heteroatoms. The Morgan fingerprint density at radius 3 is 2.29 bits per heavy atom. The summed E-state index contributed by atoms with van der Waals surface area (Å²) < 4.78 is 5.24. The van der Waals surface area contributed by atoms with E-state index in [1.807, 2.05) is 12.1 Å². The average Bonchev–Trinajstić information content (AvgIpc) is 3.03. The van der Waals surface area contributed by atoms with Crippen molar-refractivity contribution in [2.45, 2.75) is 63.8 Å². The highest BCUT2D eigenvalue weighted by atomic mass is 35.5. The zero-order valence-corrected chi connectivity index (χ0v) is 18.9. The number of aromatic nitrogens is 3. The van der Waals surface area contributed by atoms with Crippen molar-refractivity contribution in [2.24, 2.45) is 0 Å². The molecule has 31 heavy (non-hydrogen) atoms. The van der Waals surface area contributed by atoms with Gasteiger partial charge in [0.05, 0.1) is 12.1 Å². The first-order valence-electron chi connectivity index (χ1n) is 11.3. The molecule has 4 rings (SSSR count). The van der Waals surface area contributed by atoms with Gasteiger partial charge >= 0.3 is 0 Å². The van der Waals surface area contributed by atoms with Crippen molar-refractivity contribution in [3.8, 4) is 5.75 Å². The minimum Gasteiger partial charge on any atom is -0.495 e. The van der Waals surface area contributed by atoms with Crippen LogP contribution in [0.15, 0.2) is 18.2 Å². The maximum Gasteiger partial charge on any atom is 0.244 e. The van der Waals surface area contributed by atoms with Gasteiger partial charge in [0.25, 0.3) is 0 Å². The lowest BCUT2D eigenvalue weighted by Crippen LogP contribution is -2.35. The molecule has 0 amide bonds. The second-order valence-corrected chi connectivity index (χ2v) is 8.68.